The SMILES string of the molecule is CC1C(C)C(C)(C(=O)O)CC1(C)C. The summed E-state index contributed by atoms with van der Waals surface area (Å²) in [5.74, 6) is 0.103. The van der Waals surface area contributed by atoms with Gasteiger partial charge in [-0.1, -0.05) is 27.7 Å². The molecule has 3 unspecified atom stereocenters. The molecule has 76 valence electrons. The fourth-order valence-corrected chi connectivity index (χ4v) is 2.77. The average molecular weight is 184 g/mol. The summed E-state index contributed by atoms with van der Waals surface area (Å²) in [6, 6.07) is 0. The quantitative estimate of drug-likeness (QED) is 0.680. The van der Waals surface area contributed by atoms with E-state index in [4.69, 9.17) is 0 Å². The molecule has 1 aliphatic carbocycles. The summed E-state index contributed by atoms with van der Waals surface area (Å²) in [4.78, 5) is 11.2. The van der Waals surface area contributed by atoms with E-state index in [1.54, 1.807) is 0 Å². The van der Waals surface area contributed by atoms with Crippen LogP contribution in [-0.2, 0) is 4.79 Å². The lowest BCUT2D eigenvalue weighted by Crippen LogP contribution is -2.31. The van der Waals surface area contributed by atoms with Gasteiger partial charge in [0.2, 0.25) is 0 Å². The van der Waals surface area contributed by atoms with E-state index in [9.17, 15) is 9.90 Å². The van der Waals surface area contributed by atoms with Crippen LogP contribution in [0.4, 0.5) is 0 Å². The van der Waals surface area contributed by atoms with Crippen LogP contribution in [-0.4, -0.2) is 11.1 Å². The third kappa shape index (κ3) is 1.36. The normalized spacial score (nSPS) is 43.5. The van der Waals surface area contributed by atoms with Gasteiger partial charge in [-0.15, -0.1) is 0 Å². The van der Waals surface area contributed by atoms with Crippen LogP contribution >= 0.6 is 0 Å². The van der Waals surface area contributed by atoms with Crippen molar-refractivity contribution < 1.29 is 9.90 Å². The van der Waals surface area contributed by atoms with Gasteiger partial charge in [0.05, 0.1) is 5.41 Å². The molecular formula is C11H20O2. The van der Waals surface area contributed by atoms with Crippen molar-refractivity contribution in [2.24, 2.45) is 22.7 Å². The van der Waals surface area contributed by atoms with Gasteiger partial charge >= 0.3 is 5.97 Å². The van der Waals surface area contributed by atoms with Crippen LogP contribution in [0.5, 0.6) is 0 Å². The molecule has 1 saturated carbocycles. The Morgan fingerprint density at radius 1 is 1.23 bits per heavy atom. The molecule has 0 radical (unpaired) electrons. The van der Waals surface area contributed by atoms with E-state index in [0.29, 0.717) is 5.92 Å². The minimum Gasteiger partial charge on any atom is -0.481 e. The summed E-state index contributed by atoms with van der Waals surface area (Å²) in [7, 11) is 0. The minimum atomic E-state index is -0.641. The second-order valence-electron chi connectivity index (χ2n) is 5.47. The third-order valence-corrected chi connectivity index (χ3v) is 4.30. The molecule has 2 heteroatoms. The Bertz CT molecular complexity index is 232. The predicted molar refractivity (Wildman–Crippen MR) is 52.5 cm³/mol. The zero-order valence-electron chi connectivity index (χ0n) is 9.22. The highest BCUT2D eigenvalue weighted by Crippen LogP contribution is 2.56. The van der Waals surface area contributed by atoms with E-state index >= 15 is 0 Å². The van der Waals surface area contributed by atoms with Gasteiger partial charge in [-0.25, -0.2) is 0 Å². The maximum absolute atomic E-state index is 11.2. The molecule has 1 aliphatic rings. The van der Waals surface area contributed by atoms with Crippen molar-refractivity contribution in [1.29, 1.82) is 0 Å². The van der Waals surface area contributed by atoms with E-state index in [1.165, 1.54) is 0 Å². The van der Waals surface area contributed by atoms with E-state index < -0.39 is 11.4 Å². The zero-order chi connectivity index (χ0) is 10.4. The van der Waals surface area contributed by atoms with Gasteiger partial charge in [-0.05, 0) is 30.6 Å². The molecule has 0 aliphatic heterocycles. The van der Waals surface area contributed by atoms with Crippen LogP contribution in [0, 0.1) is 22.7 Å². The molecule has 0 saturated heterocycles. The van der Waals surface area contributed by atoms with E-state index in [-0.39, 0.29) is 11.3 Å². The molecule has 0 aromatic rings. The molecule has 0 aromatic carbocycles. The van der Waals surface area contributed by atoms with Crippen molar-refractivity contribution in [3.05, 3.63) is 0 Å². The molecule has 0 aromatic heterocycles. The summed E-state index contributed by atoms with van der Waals surface area (Å²) in [5, 5.41) is 9.19. The maximum Gasteiger partial charge on any atom is 0.309 e. The summed E-state index contributed by atoms with van der Waals surface area (Å²) in [5.41, 5.74) is -0.366. The summed E-state index contributed by atoms with van der Waals surface area (Å²) < 4.78 is 0. The molecular weight excluding hydrogens is 164 g/mol. The Hall–Kier alpha value is -0.530. The third-order valence-electron chi connectivity index (χ3n) is 4.30. The molecule has 1 N–H and O–H groups in total. The van der Waals surface area contributed by atoms with Crippen LogP contribution in [0.2, 0.25) is 0 Å². The second kappa shape index (κ2) is 2.73. The van der Waals surface area contributed by atoms with Crippen molar-refractivity contribution >= 4 is 5.97 Å². The van der Waals surface area contributed by atoms with Crippen molar-refractivity contribution in [2.45, 2.75) is 41.0 Å². The maximum atomic E-state index is 11.2. The highest BCUT2D eigenvalue weighted by atomic mass is 16.4. The van der Waals surface area contributed by atoms with Gasteiger partial charge in [0, 0.05) is 0 Å². The zero-order valence-corrected chi connectivity index (χ0v) is 9.22. The number of rotatable bonds is 1. The predicted octanol–water partition coefficient (Wildman–Crippen LogP) is 2.78. The largest absolute Gasteiger partial charge is 0.481 e. The highest BCUT2D eigenvalue weighted by molar-refractivity contribution is 5.75. The van der Waals surface area contributed by atoms with Crippen LogP contribution in [0.3, 0.4) is 0 Å². The van der Waals surface area contributed by atoms with Crippen molar-refractivity contribution in [3.8, 4) is 0 Å². The topological polar surface area (TPSA) is 37.3 Å². The fourth-order valence-electron chi connectivity index (χ4n) is 2.77. The van der Waals surface area contributed by atoms with Gasteiger partial charge < -0.3 is 5.11 Å². The Kier molecular flexibility index (Phi) is 2.21. The molecule has 1 fully saturated rings. The van der Waals surface area contributed by atoms with Gasteiger partial charge in [0.25, 0.3) is 0 Å². The lowest BCUT2D eigenvalue weighted by Gasteiger charge is -2.25. The number of aliphatic carboxylic acids is 1. The first-order chi connectivity index (χ1) is 5.72. The van der Waals surface area contributed by atoms with Crippen LogP contribution in [0.25, 0.3) is 0 Å². The van der Waals surface area contributed by atoms with E-state index in [0.717, 1.165) is 6.42 Å². The Morgan fingerprint density at radius 3 is 1.85 bits per heavy atom. The summed E-state index contributed by atoms with van der Waals surface area (Å²) in [6.07, 6.45) is 0.789. The average Bonchev–Trinajstić information content (AvgIpc) is 2.13. The van der Waals surface area contributed by atoms with Crippen molar-refractivity contribution in [1.82, 2.24) is 0 Å². The molecule has 1 rings (SSSR count). The van der Waals surface area contributed by atoms with Gasteiger partial charge in [-0.2, -0.15) is 0 Å². The van der Waals surface area contributed by atoms with E-state index in [1.807, 2.05) is 6.92 Å². The smallest absolute Gasteiger partial charge is 0.309 e. The van der Waals surface area contributed by atoms with Crippen LogP contribution in [0.15, 0.2) is 0 Å². The minimum absolute atomic E-state index is 0.159. The number of hydrogen-bond donors (Lipinski definition) is 1. The first-order valence-electron chi connectivity index (χ1n) is 4.95. The monoisotopic (exact) mass is 184 g/mol. The molecule has 0 amide bonds. The summed E-state index contributed by atoms with van der Waals surface area (Å²) in [6.45, 7) is 10.4. The molecule has 0 heterocycles. The molecule has 0 bridgehead atoms. The van der Waals surface area contributed by atoms with Crippen molar-refractivity contribution in [2.75, 3.05) is 0 Å². The summed E-state index contributed by atoms with van der Waals surface area (Å²) >= 11 is 0. The Balaban J connectivity index is 3.02. The molecule has 3 atom stereocenters. The van der Waals surface area contributed by atoms with E-state index in [2.05, 4.69) is 27.7 Å². The van der Waals surface area contributed by atoms with Crippen molar-refractivity contribution in [3.63, 3.8) is 0 Å². The van der Waals surface area contributed by atoms with Gasteiger partial charge in [-0.3, -0.25) is 4.79 Å². The Morgan fingerprint density at radius 2 is 1.69 bits per heavy atom. The first kappa shape index (κ1) is 10.6. The molecule has 13 heavy (non-hydrogen) atoms. The fraction of sp³-hybridized carbons (Fsp3) is 0.909. The number of carboxylic acid groups (broad SMARTS) is 1. The molecule has 2 nitrogen and oxygen atoms in total. The first-order valence-corrected chi connectivity index (χ1v) is 4.95. The Labute approximate surface area is 80.3 Å². The standard InChI is InChI=1S/C11H20O2/c1-7-8(2)11(5,9(12)13)6-10(7,3)4/h7-8H,6H2,1-5H3,(H,12,13). The molecule has 0 spiro atoms. The second-order valence-corrected chi connectivity index (χ2v) is 5.47. The van der Waals surface area contributed by atoms with Crippen LogP contribution < -0.4 is 0 Å². The number of carboxylic acids is 1. The lowest BCUT2D eigenvalue weighted by molar-refractivity contribution is -0.150. The van der Waals surface area contributed by atoms with Gasteiger partial charge in [0.1, 0.15) is 0 Å². The number of hydrogen-bond acceptors (Lipinski definition) is 1. The highest BCUT2D eigenvalue weighted by Gasteiger charge is 2.54. The van der Waals surface area contributed by atoms with Gasteiger partial charge in [0.15, 0.2) is 0 Å². The number of carbonyl (C=O) groups is 1. The lowest BCUT2D eigenvalue weighted by atomic mass is 9.79. The van der Waals surface area contributed by atoms with Crippen LogP contribution in [0.1, 0.15) is 41.0 Å².